The molecule has 3 aromatic rings. The Morgan fingerprint density at radius 1 is 1.17 bits per heavy atom. The van der Waals surface area contributed by atoms with Crippen molar-refractivity contribution in [3.05, 3.63) is 69.7 Å². The molecule has 154 valence electrons. The first kappa shape index (κ1) is 20.1. The van der Waals surface area contributed by atoms with E-state index in [-0.39, 0.29) is 18.4 Å². The van der Waals surface area contributed by atoms with Crippen LogP contribution in [0.15, 0.2) is 48.8 Å². The van der Waals surface area contributed by atoms with Crippen LogP contribution in [0.25, 0.3) is 0 Å². The minimum Gasteiger partial charge on any atom is -0.455 e. The molecule has 0 radical (unpaired) electrons. The summed E-state index contributed by atoms with van der Waals surface area (Å²) in [6.45, 7) is 1.83. The number of ether oxygens (including phenoxy) is 1. The van der Waals surface area contributed by atoms with Crippen molar-refractivity contribution in [3.8, 4) is 11.5 Å². The van der Waals surface area contributed by atoms with Crippen molar-refractivity contribution in [3.63, 3.8) is 0 Å². The SMILES string of the molecule is Cc1cc(NC(=O)CNC(=O)c2cc3c(s2)CCCC3)ccc1Oc1cccnc1. The first-order valence-corrected chi connectivity index (χ1v) is 10.8. The lowest BCUT2D eigenvalue weighted by Crippen LogP contribution is -2.32. The third-order valence-electron chi connectivity index (χ3n) is 4.95. The van der Waals surface area contributed by atoms with E-state index in [2.05, 4.69) is 15.6 Å². The van der Waals surface area contributed by atoms with Gasteiger partial charge in [-0.15, -0.1) is 11.3 Å². The van der Waals surface area contributed by atoms with E-state index in [1.165, 1.54) is 23.3 Å². The number of rotatable bonds is 6. The van der Waals surface area contributed by atoms with E-state index in [1.54, 1.807) is 41.9 Å². The van der Waals surface area contributed by atoms with E-state index in [0.717, 1.165) is 18.4 Å². The predicted molar refractivity (Wildman–Crippen MR) is 117 cm³/mol. The van der Waals surface area contributed by atoms with Crippen molar-refractivity contribution in [2.24, 2.45) is 0 Å². The van der Waals surface area contributed by atoms with Gasteiger partial charge in [0.1, 0.15) is 11.5 Å². The lowest BCUT2D eigenvalue weighted by Gasteiger charge is -2.11. The van der Waals surface area contributed by atoms with Crippen LogP contribution in [0.4, 0.5) is 5.69 Å². The van der Waals surface area contributed by atoms with Crippen LogP contribution in [0.5, 0.6) is 11.5 Å². The first-order valence-electron chi connectivity index (χ1n) is 9.96. The summed E-state index contributed by atoms with van der Waals surface area (Å²) in [5, 5.41) is 5.53. The van der Waals surface area contributed by atoms with Gasteiger partial charge in [0, 0.05) is 16.8 Å². The molecular weight excluding hydrogens is 398 g/mol. The molecule has 30 heavy (non-hydrogen) atoms. The number of aromatic nitrogens is 1. The van der Waals surface area contributed by atoms with E-state index in [9.17, 15) is 9.59 Å². The number of carbonyl (C=O) groups excluding carboxylic acids is 2. The molecule has 0 atom stereocenters. The maximum Gasteiger partial charge on any atom is 0.261 e. The van der Waals surface area contributed by atoms with Gasteiger partial charge in [0.2, 0.25) is 5.91 Å². The minimum absolute atomic E-state index is 0.0750. The van der Waals surface area contributed by atoms with Gasteiger partial charge in [-0.2, -0.15) is 0 Å². The molecule has 1 aromatic carbocycles. The summed E-state index contributed by atoms with van der Waals surface area (Å²) >= 11 is 1.54. The second kappa shape index (κ2) is 9.09. The molecule has 2 heterocycles. The van der Waals surface area contributed by atoms with Gasteiger partial charge in [-0.3, -0.25) is 14.6 Å². The van der Waals surface area contributed by atoms with Crippen molar-refractivity contribution in [2.75, 3.05) is 11.9 Å². The highest BCUT2D eigenvalue weighted by Gasteiger charge is 2.17. The van der Waals surface area contributed by atoms with E-state index in [1.807, 2.05) is 25.1 Å². The zero-order chi connectivity index (χ0) is 20.9. The number of carbonyl (C=O) groups is 2. The van der Waals surface area contributed by atoms with E-state index < -0.39 is 0 Å². The summed E-state index contributed by atoms with van der Waals surface area (Å²) in [7, 11) is 0. The van der Waals surface area contributed by atoms with Gasteiger partial charge < -0.3 is 15.4 Å². The fourth-order valence-electron chi connectivity index (χ4n) is 3.43. The number of benzene rings is 1. The molecule has 0 fully saturated rings. The number of thiophene rings is 1. The molecule has 2 amide bonds. The molecule has 2 N–H and O–H groups in total. The Morgan fingerprint density at radius 2 is 2.03 bits per heavy atom. The van der Waals surface area contributed by atoms with Gasteiger partial charge >= 0.3 is 0 Å². The molecule has 0 unspecified atom stereocenters. The van der Waals surface area contributed by atoms with E-state index >= 15 is 0 Å². The number of amides is 2. The molecule has 4 rings (SSSR count). The Balaban J connectivity index is 1.31. The fraction of sp³-hybridized carbons (Fsp3) is 0.261. The zero-order valence-corrected chi connectivity index (χ0v) is 17.6. The largest absolute Gasteiger partial charge is 0.455 e. The number of pyridine rings is 1. The Labute approximate surface area is 179 Å². The molecule has 0 saturated carbocycles. The van der Waals surface area contributed by atoms with Crippen LogP contribution in [0, 0.1) is 6.92 Å². The molecule has 0 saturated heterocycles. The Hall–Kier alpha value is -3.19. The van der Waals surface area contributed by atoms with Gasteiger partial charge in [0.15, 0.2) is 0 Å². The molecule has 2 aromatic heterocycles. The monoisotopic (exact) mass is 421 g/mol. The number of anilines is 1. The minimum atomic E-state index is -0.273. The van der Waals surface area contributed by atoms with Crippen LogP contribution in [-0.4, -0.2) is 23.3 Å². The molecule has 6 nitrogen and oxygen atoms in total. The molecule has 0 spiro atoms. The Morgan fingerprint density at radius 3 is 2.80 bits per heavy atom. The Kier molecular flexibility index (Phi) is 6.09. The van der Waals surface area contributed by atoms with Crippen LogP contribution in [0.3, 0.4) is 0 Å². The highest BCUT2D eigenvalue weighted by atomic mass is 32.1. The summed E-state index contributed by atoms with van der Waals surface area (Å²) in [6.07, 6.45) is 7.78. The number of fused-ring (bicyclic) bond motifs is 1. The molecule has 0 aliphatic heterocycles. The lowest BCUT2D eigenvalue weighted by atomic mass is 9.99. The van der Waals surface area contributed by atoms with Crippen LogP contribution < -0.4 is 15.4 Å². The number of hydrogen-bond donors (Lipinski definition) is 2. The number of nitrogens with zero attached hydrogens (tertiary/aromatic N) is 1. The molecular formula is C23H23N3O3S. The average molecular weight is 422 g/mol. The summed E-state index contributed by atoms with van der Waals surface area (Å²) in [5.74, 6) is 0.872. The summed E-state index contributed by atoms with van der Waals surface area (Å²) in [4.78, 5) is 30.7. The molecule has 7 heteroatoms. The van der Waals surface area contributed by atoms with Crippen LogP contribution in [0.2, 0.25) is 0 Å². The summed E-state index contributed by atoms with van der Waals surface area (Å²) in [6, 6.07) is 11.0. The maximum absolute atomic E-state index is 12.4. The molecule has 0 bridgehead atoms. The van der Waals surface area contributed by atoms with Crippen LogP contribution in [0.1, 0.15) is 38.5 Å². The van der Waals surface area contributed by atoms with E-state index in [0.29, 0.717) is 22.1 Å². The highest BCUT2D eigenvalue weighted by Crippen LogP contribution is 2.29. The zero-order valence-electron chi connectivity index (χ0n) is 16.7. The highest BCUT2D eigenvalue weighted by molar-refractivity contribution is 7.14. The standard InChI is InChI=1S/C23H23N3O3S/c1-15-11-17(8-9-19(15)29-18-6-4-10-24-13-18)26-22(27)14-25-23(28)21-12-16-5-2-3-7-20(16)30-21/h4,6,8-13H,2-3,5,7,14H2,1H3,(H,25,28)(H,26,27). The van der Waals surface area contributed by atoms with E-state index in [4.69, 9.17) is 4.74 Å². The Bertz CT molecular complexity index is 1040. The van der Waals surface area contributed by atoms with Crippen molar-refractivity contribution < 1.29 is 14.3 Å². The smallest absolute Gasteiger partial charge is 0.261 e. The van der Waals surface area contributed by atoms with Crippen LogP contribution >= 0.6 is 11.3 Å². The van der Waals surface area contributed by atoms with Crippen molar-refractivity contribution >= 4 is 28.8 Å². The topological polar surface area (TPSA) is 80.3 Å². The first-order chi connectivity index (χ1) is 14.6. The maximum atomic E-state index is 12.4. The quantitative estimate of drug-likeness (QED) is 0.614. The third-order valence-corrected chi connectivity index (χ3v) is 6.19. The fourth-order valence-corrected chi connectivity index (χ4v) is 4.60. The predicted octanol–water partition coefficient (Wildman–Crippen LogP) is 4.49. The van der Waals surface area contributed by atoms with Crippen LogP contribution in [-0.2, 0) is 17.6 Å². The lowest BCUT2D eigenvalue weighted by molar-refractivity contribution is -0.115. The number of hydrogen-bond acceptors (Lipinski definition) is 5. The summed E-state index contributed by atoms with van der Waals surface area (Å²) in [5.41, 5.74) is 2.81. The average Bonchev–Trinajstić information content (AvgIpc) is 3.19. The second-order valence-corrected chi connectivity index (χ2v) is 8.40. The molecule has 1 aliphatic carbocycles. The third kappa shape index (κ3) is 4.86. The van der Waals surface area contributed by atoms with Gasteiger partial charge in [0.05, 0.1) is 17.6 Å². The van der Waals surface area contributed by atoms with Crippen molar-refractivity contribution in [1.29, 1.82) is 0 Å². The normalized spacial score (nSPS) is 12.7. The van der Waals surface area contributed by atoms with Gasteiger partial charge in [0.25, 0.3) is 5.91 Å². The van der Waals surface area contributed by atoms with Crippen molar-refractivity contribution in [1.82, 2.24) is 10.3 Å². The number of nitrogens with one attached hydrogen (secondary N) is 2. The second-order valence-electron chi connectivity index (χ2n) is 7.27. The molecule has 1 aliphatic rings. The number of aryl methyl sites for hydroxylation is 3. The van der Waals surface area contributed by atoms with Crippen molar-refractivity contribution in [2.45, 2.75) is 32.6 Å². The van der Waals surface area contributed by atoms with Gasteiger partial charge in [-0.1, -0.05) is 0 Å². The summed E-state index contributed by atoms with van der Waals surface area (Å²) < 4.78 is 5.80. The van der Waals surface area contributed by atoms with Gasteiger partial charge in [-0.25, -0.2) is 0 Å². The van der Waals surface area contributed by atoms with Gasteiger partial charge in [-0.05, 0) is 80.1 Å².